The highest BCUT2D eigenvalue weighted by Gasteiger charge is 2.02. The van der Waals surface area contributed by atoms with Crippen LogP contribution in [0.2, 0.25) is 0 Å². The lowest BCUT2D eigenvalue weighted by Gasteiger charge is -1.97. The molecular formula is C10H8ClNO. The number of hydrogen-bond donors (Lipinski definition) is 0. The first-order valence-electron chi connectivity index (χ1n) is 3.83. The third kappa shape index (κ3) is 2.57. The zero-order valence-corrected chi connectivity index (χ0v) is 7.71. The van der Waals surface area contributed by atoms with E-state index in [0.717, 1.165) is 5.56 Å². The Bertz CT molecular complexity index is 337. The van der Waals surface area contributed by atoms with Gasteiger partial charge in [0.15, 0.2) is 5.78 Å². The Morgan fingerprint density at radius 3 is 2.46 bits per heavy atom. The normalized spacial score (nSPS) is 9.23. The average molecular weight is 194 g/mol. The lowest BCUT2D eigenvalue weighted by atomic mass is 10.1. The first kappa shape index (κ1) is 9.76. The molecule has 66 valence electrons. The van der Waals surface area contributed by atoms with Crippen LogP contribution in [0.5, 0.6) is 0 Å². The first-order chi connectivity index (χ1) is 6.27. The van der Waals surface area contributed by atoms with Gasteiger partial charge in [-0.05, 0) is 5.56 Å². The van der Waals surface area contributed by atoms with Gasteiger partial charge in [0, 0.05) is 5.56 Å². The number of carbonyl (C=O) groups excluding carboxylic acids is 1. The molecule has 1 aromatic rings. The molecule has 0 aliphatic rings. The molecule has 0 spiro atoms. The Balaban J connectivity index is 2.82. The lowest BCUT2D eigenvalue weighted by molar-refractivity contribution is 0.102. The summed E-state index contributed by atoms with van der Waals surface area (Å²) in [4.78, 5) is 11.1. The molecule has 0 unspecified atom stereocenters. The molecule has 3 heteroatoms. The van der Waals surface area contributed by atoms with E-state index >= 15 is 0 Å². The number of ketones is 1. The van der Waals surface area contributed by atoms with Crippen molar-refractivity contribution in [3.63, 3.8) is 0 Å². The molecule has 0 bridgehead atoms. The highest BCUT2D eigenvalue weighted by molar-refractivity contribution is 6.30. The van der Waals surface area contributed by atoms with Crippen LogP contribution in [0.3, 0.4) is 0 Å². The van der Waals surface area contributed by atoms with E-state index < -0.39 is 0 Å². The molecule has 0 saturated carbocycles. The van der Waals surface area contributed by atoms with E-state index in [-0.39, 0.29) is 11.7 Å². The fourth-order valence-corrected chi connectivity index (χ4v) is 1.13. The predicted octanol–water partition coefficient (Wildman–Crippen LogP) is 2.17. The van der Waals surface area contributed by atoms with Gasteiger partial charge in [-0.25, -0.2) is 0 Å². The summed E-state index contributed by atoms with van der Waals surface area (Å²) in [6.07, 6.45) is 0.370. The molecule has 13 heavy (non-hydrogen) atoms. The van der Waals surface area contributed by atoms with Crippen molar-refractivity contribution in [1.29, 1.82) is 5.26 Å². The van der Waals surface area contributed by atoms with Crippen LogP contribution in [0.25, 0.3) is 0 Å². The summed E-state index contributed by atoms with van der Waals surface area (Å²) in [5, 5.41) is 8.41. The van der Waals surface area contributed by atoms with Crippen molar-refractivity contribution in [2.45, 2.75) is 6.42 Å². The van der Waals surface area contributed by atoms with Crippen LogP contribution in [0.4, 0.5) is 0 Å². The van der Waals surface area contributed by atoms with Gasteiger partial charge in [-0.2, -0.15) is 5.26 Å². The molecule has 1 rings (SSSR count). The van der Waals surface area contributed by atoms with Gasteiger partial charge in [0.05, 0.1) is 18.4 Å². The van der Waals surface area contributed by atoms with E-state index in [9.17, 15) is 4.79 Å². The molecule has 0 amide bonds. The molecule has 2 nitrogen and oxygen atoms in total. The Hall–Kier alpha value is -1.33. The van der Waals surface area contributed by atoms with Gasteiger partial charge in [0.25, 0.3) is 0 Å². The SMILES string of the molecule is N#CCc1ccc(C(=O)CCl)cc1. The topological polar surface area (TPSA) is 40.9 Å². The zero-order chi connectivity index (χ0) is 9.68. The van der Waals surface area contributed by atoms with Crippen LogP contribution in [0, 0.1) is 11.3 Å². The number of nitrogens with zero attached hydrogens (tertiary/aromatic N) is 1. The maximum absolute atomic E-state index is 11.1. The molecular weight excluding hydrogens is 186 g/mol. The summed E-state index contributed by atoms with van der Waals surface area (Å²) in [7, 11) is 0. The van der Waals surface area contributed by atoms with Crippen LogP contribution in [0.1, 0.15) is 15.9 Å². The van der Waals surface area contributed by atoms with Crippen LogP contribution in [-0.4, -0.2) is 11.7 Å². The molecule has 0 heterocycles. The van der Waals surface area contributed by atoms with Crippen LogP contribution >= 0.6 is 11.6 Å². The third-order valence-corrected chi connectivity index (χ3v) is 1.92. The van der Waals surface area contributed by atoms with Crippen molar-refractivity contribution in [3.05, 3.63) is 35.4 Å². The summed E-state index contributed by atoms with van der Waals surface area (Å²) in [5.74, 6) is -0.0948. The maximum Gasteiger partial charge on any atom is 0.177 e. The third-order valence-electron chi connectivity index (χ3n) is 1.68. The molecule has 0 saturated heterocycles. The number of hydrogen-bond acceptors (Lipinski definition) is 2. The molecule has 0 aromatic heterocycles. The van der Waals surface area contributed by atoms with Crippen LogP contribution in [-0.2, 0) is 6.42 Å². The largest absolute Gasteiger partial charge is 0.293 e. The number of halogens is 1. The Morgan fingerprint density at radius 2 is 2.00 bits per heavy atom. The molecule has 0 aliphatic carbocycles. The summed E-state index contributed by atoms with van der Waals surface area (Å²) >= 11 is 5.39. The van der Waals surface area contributed by atoms with Gasteiger partial charge in [0.1, 0.15) is 0 Å². The van der Waals surface area contributed by atoms with Crippen LogP contribution in [0.15, 0.2) is 24.3 Å². The lowest BCUT2D eigenvalue weighted by Crippen LogP contribution is -1.99. The smallest absolute Gasteiger partial charge is 0.177 e. The Kier molecular flexibility index (Phi) is 3.48. The van der Waals surface area contributed by atoms with Crippen molar-refractivity contribution in [3.8, 4) is 6.07 Å². The minimum Gasteiger partial charge on any atom is -0.293 e. The van der Waals surface area contributed by atoms with Crippen molar-refractivity contribution in [2.24, 2.45) is 0 Å². The van der Waals surface area contributed by atoms with E-state index in [1.165, 1.54) is 0 Å². The molecule has 0 fully saturated rings. The van der Waals surface area contributed by atoms with Gasteiger partial charge in [0.2, 0.25) is 0 Å². The minimum atomic E-state index is -0.0924. The highest BCUT2D eigenvalue weighted by Crippen LogP contribution is 2.06. The van der Waals surface area contributed by atoms with E-state index in [4.69, 9.17) is 16.9 Å². The highest BCUT2D eigenvalue weighted by atomic mass is 35.5. The quantitative estimate of drug-likeness (QED) is 0.545. The number of nitriles is 1. The fourth-order valence-electron chi connectivity index (χ4n) is 0.977. The van der Waals surface area contributed by atoms with Crippen molar-refractivity contribution >= 4 is 17.4 Å². The Labute approximate surface area is 81.7 Å². The van der Waals surface area contributed by atoms with Gasteiger partial charge in [-0.1, -0.05) is 24.3 Å². The van der Waals surface area contributed by atoms with Crippen LogP contribution < -0.4 is 0 Å². The zero-order valence-electron chi connectivity index (χ0n) is 6.96. The summed E-state index contributed by atoms with van der Waals surface area (Å²) in [6.45, 7) is 0. The van der Waals surface area contributed by atoms with E-state index in [0.29, 0.717) is 12.0 Å². The van der Waals surface area contributed by atoms with E-state index in [1.807, 2.05) is 6.07 Å². The van der Waals surface area contributed by atoms with Gasteiger partial charge in [-0.15, -0.1) is 11.6 Å². The predicted molar refractivity (Wildman–Crippen MR) is 50.8 cm³/mol. The second kappa shape index (κ2) is 4.64. The van der Waals surface area contributed by atoms with Gasteiger partial charge in [-0.3, -0.25) is 4.79 Å². The van der Waals surface area contributed by atoms with Crippen molar-refractivity contribution in [1.82, 2.24) is 0 Å². The van der Waals surface area contributed by atoms with E-state index in [1.54, 1.807) is 24.3 Å². The molecule has 0 aliphatic heterocycles. The number of benzene rings is 1. The standard InChI is InChI=1S/C10H8ClNO/c11-7-10(13)9-3-1-8(2-4-9)5-6-12/h1-4H,5,7H2. The summed E-state index contributed by atoms with van der Waals surface area (Å²) in [6, 6.07) is 8.95. The van der Waals surface area contributed by atoms with E-state index in [2.05, 4.69) is 0 Å². The summed E-state index contributed by atoms with van der Waals surface area (Å²) < 4.78 is 0. The molecule has 0 radical (unpaired) electrons. The van der Waals surface area contributed by atoms with Gasteiger partial charge < -0.3 is 0 Å². The summed E-state index contributed by atoms with van der Waals surface area (Å²) in [5.41, 5.74) is 1.50. The minimum absolute atomic E-state index is 0.00238. The van der Waals surface area contributed by atoms with Crippen molar-refractivity contribution < 1.29 is 4.79 Å². The first-order valence-corrected chi connectivity index (χ1v) is 4.36. The number of alkyl halides is 1. The molecule has 0 N–H and O–H groups in total. The fraction of sp³-hybridized carbons (Fsp3) is 0.200. The second-order valence-electron chi connectivity index (χ2n) is 2.59. The number of Topliss-reactive ketones (excluding diaryl/α,β-unsaturated/α-hetero) is 1. The second-order valence-corrected chi connectivity index (χ2v) is 2.86. The molecule has 0 atom stereocenters. The number of carbonyl (C=O) groups is 1. The average Bonchev–Trinajstić information content (AvgIpc) is 2.18. The van der Waals surface area contributed by atoms with Crippen molar-refractivity contribution in [2.75, 3.05) is 5.88 Å². The monoisotopic (exact) mass is 193 g/mol. The number of rotatable bonds is 3. The van der Waals surface area contributed by atoms with Gasteiger partial charge >= 0.3 is 0 Å². The maximum atomic E-state index is 11.1. The Morgan fingerprint density at radius 1 is 1.38 bits per heavy atom. The molecule has 1 aromatic carbocycles.